The van der Waals surface area contributed by atoms with Gasteiger partial charge in [0.1, 0.15) is 0 Å². The lowest BCUT2D eigenvalue weighted by molar-refractivity contribution is 0.530. The zero-order valence-corrected chi connectivity index (χ0v) is 6.91. The van der Waals surface area contributed by atoms with Gasteiger partial charge >= 0.3 is 10.2 Å². The summed E-state index contributed by atoms with van der Waals surface area (Å²) >= 11 is 0. The fourth-order valence-electron chi connectivity index (χ4n) is 0.706. The molecule has 0 aromatic rings. The lowest BCUT2D eigenvalue weighted by atomic mass is 10.4. The van der Waals surface area contributed by atoms with Crippen LogP contribution in [0.15, 0.2) is 0 Å². The highest BCUT2D eigenvalue weighted by atomic mass is 32.3. The molecule has 0 fully saturated rings. The lowest BCUT2D eigenvalue weighted by Gasteiger charge is -2.07. The first-order valence-corrected chi connectivity index (χ1v) is 4.66. The van der Waals surface area contributed by atoms with Gasteiger partial charge in [0.05, 0.1) is 5.75 Å². The summed E-state index contributed by atoms with van der Waals surface area (Å²) in [6.07, 6.45) is 0. The number of halogens is 1. The van der Waals surface area contributed by atoms with Crippen molar-refractivity contribution in [3.05, 3.63) is 0 Å². The molecule has 0 aliphatic rings. The number of hydrogen-bond acceptors (Lipinski definition) is 3. The Labute approximate surface area is 60.8 Å². The Morgan fingerprint density at radius 2 is 2.10 bits per heavy atom. The molecular weight excluding hydrogens is 157 g/mol. The summed E-state index contributed by atoms with van der Waals surface area (Å²) in [6, 6.07) is -0.306. The summed E-state index contributed by atoms with van der Waals surface area (Å²) in [4.78, 5) is 0. The first kappa shape index (κ1) is 9.84. The van der Waals surface area contributed by atoms with Crippen LogP contribution < -0.4 is 5.32 Å². The summed E-state index contributed by atoms with van der Waals surface area (Å²) in [5.74, 6) is -0.444. The summed E-state index contributed by atoms with van der Waals surface area (Å²) in [6.45, 7) is 4.11. The highest BCUT2D eigenvalue weighted by molar-refractivity contribution is 7.86. The second kappa shape index (κ2) is 3.88. The van der Waals surface area contributed by atoms with Gasteiger partial charge in [0.25, 0.3) is 0 Å². The van der Waals surface area contributed by atoms with Crippen molar-refractivity contribution in [2.24, 2.45) is 0 Å². The average molecular weight is 169 g/mol. The predicted octanol–water partition coefficient (Wildman–Crippen LogP) is 0.284. The third-order valence-corrected chi connectivity index (χ3v) is 1.90. The molecule has 3 nitrogen and oxygen atoms in total. The zero-order valence-electron chi connectivity index (χ0n) is 6.09. The molecule has 0 saturated carbocycles. The van der Waals surface area contributed by atoms with Crippen LogP contribution in [-0.4, -0.2) is 26.8 Å². The van der Waals surface area contributed by atoms with Gasteiger partial charge in [-0.25, -0.2) is 0 Å². The second-order valence-electron chi connectivity index (χ2n) is 2.16. The van der Waals surface area contributed by atoms with E-state index in [-0.39, 0.29) is 6.04 Å². The van der Waals surface area contributed by atoms with E-state index in [2.05, 4.69) is 5.32 Å². The second-order valence-corrected chi connectivity index (χ2v) is 3.58. The quantitative estimate of drug-likeness (QED) is 0.615. The van der Waals surface area contributed by atoms with Crippen LogP contribution in [0, 0.1) is 0 Å². The van der Waals surface area contributed by atoms with Crippen LogP contribution in [-0.2, 0) is 10.2 Å². The minimum absolute atomic E-state index is 0.306. The molecule has 0 bridgehead atoms. The van der Waals surface area contributed by atoms with Crippen LogP contribution in [0.25, 0.3) is 0 Å². The molecule has 0 rings (SSSR count). The maximum absolute atomic E-state index is 11.9. The summed E-state index contributed by atoms with van der Waals surface area (Å²) in [5.41, 5.74) is 0. The first-order chi connectivity index (χ1) is 4.45. The fraction of sp³-hybridized carbons (Fsp3) is 1.00. The molecule has 10 heavy (non-hydrogen) atoms. The molecule has 0 aliphatic carbocycles. The Hall–Kier alpha value is -0.160. The predicted molar refractivity (Wildman–Crippen MR) is 38.0 cm³/mol. The molecule has 0 aliphatic heterocycles. The van der Waals surface area contributed by atoms with Crippen LogP contribution in [0.1, 0.15) is 13.8 Å². The number of nitrogens with one attached hydrogen (secondary N) is 1. The molecule has 0 amide bonds. The standard InChI is InChI=1S/C5H12FNO2S/c1-3-7-5(2)4-10(6,8)9/h5,7H,3-4H2,1-2H3. The van der Waals surface area contributed by atoms with E-state index in [1.807, 2.05) is 6.92 Å². The van der Waals surface area contributed by atoms with Crippen molar-refractivity contribution in [3.8, 4) is 0 Å². The van der Waals surface area contributed by atoms with Gasteiger partial charge in [-0.15, -0.1) is 3.89 Å². The van der Waals surface area contributed by atoms with Crippen molar-refractivity contribution in [1.29, 1.82) is 0 Å². The molecule has 1 N–H and O–H groups in total. The molecular formula is C5H12FNO2S. The van der Waals surface area contributed by atoms with E-state index in [1.165, 1.54) is 0 Å². The maximum Gasteiger partial charge on any atom is 0.303 e. The Balaban J connectivity index is 3.69. The molecule has 0 saturated heterocycles. The highest BCUT2D eigenvalue weighted by Gasteiger charge is 2.11. The van der Waals surface area contributed by atoms with Gasteiger partial charge < -0.3 is 5.32 Å². The van der Waals surface area contributed by atoms with Gasteiger partial charge in [0.15, 0.2) is 0 Å². The summed E-state index contributed by atoms with van der Waals surface area (Å²) in [7, 11) is -4.31. The molecule has 0 spiro atoms. The molecule has 1 unspecified atom stereocenters. The van der Waals surface area contributed by atoms with Crippen molar-refractivity contribution in [1.82, 2.24) is 5.32 Å². The largest absolute Gasteiger partial charge is 0.313 e. The Kier molecular flexibility index (Phi) is 3.81. The smallest absolute Gasteiger partial charge is 0.303 e. The van der Waals surface area contributed by atoms with Gasteiger partial charge in [-0.2, -0.15) is 8.42 Å². The Morgan fingerprint density at radius 1 is 1.60 bits per heavy atom. The van der Waals surface area contributed by atoms with Crippen molar-refractivity contribution in [3.63, 3.8) is 0 Å². The Bertz CT molecular complexity index is 178. The minimum Gasteiger partial charge on any atom is -0.313 e. The molecule has 0 heterocycles. The monoisotopic (exact) mass is 169 g/mol. The van der Waals surface area contributed by atoms with Gasteiger partial charge in [0, 0.05) is 6.04 Å². The molecule has 5 heteroatoms. The van der Waals surface area contributed by atoms with E-state index in [9.17, 15) is 12.3 Å². The molecule has 0 aromatic heterocycles. The van der Waals surface area contributed by atoms with E-state index in [4.69, 9.17) is 0 Å². The topological polar surface area (TPSA) is 46.2 Å². The first-order valence-electron chi connectivity index (χ1n) is 3.11. The van der Waals surface area contributed by atoms with Crippen LogP contribution >= 0.6 is 0 Å². The SMILES string of the molecule is CCNC(C)CS(=O)(=O)F. The van der Waals surface area contributed by atoms with Crippen LogP contribution in [0.2, 0.25) is 0 Å². The van der Waals surface area contributed by atoms with Crippen LogP contribution in [0.4, 0.5) is 3.89 Å². The molecule has 0 radical (unpaired) electrons. The van der Waals surface area contributed by atoms with E-state index < -0.39 is 16.0 Å². The van der Waals surface area contributed by atoms with Crippen molar-refractivity contribution in [2.75, 3.05) is 12.3 Å². The third-order valence-electron chi connectivity index (χ3n) is 1.00. The summed E-state index contributed by atoms with van der Waals surface area (Å²) < 4.78 is 31.9. The van der Waals surface area contributed by atoms with Gasteiger partial charge in [-0.1, -0.05) is 6.92 Å². The summed E-state index contributed by atoms with van der Waals surface area (Å²) in [5, 5.41) is 2.78. The highest BCUT2D eigenvalue weighted by Crippen LogP contribution is 1.94. The number of rotatable bonds is 4. The lowest BCUT2D eigenvalue weighted by Crippen LogP contribution is -2.31. The van der Waals surface area contributed by atoms with E-state index in [0.29, 0.717) is 6.54 Å². The van der Waals surface area contributed by atoms with E-state index in [0.717, 1.165) is 0 Å². The zero-order chi connectivity index (χ0) is 8.20. The maximum atomic E-state index is 11.9. The number of hydrogen-bond donors (Lipinski definition) is 1. The van der Waals surface area contributed by atoms with E-state index in [1.54, 1.807) is 6.92 Å². The third kappa shape index (κ3) is 5.97. The minimum atomic E-state index is -4.31. The van der Waals surface area contributed by atoms with Gasteiger partial charge in [0.2, 0.25) is 0 Å². The van der Waals surface area contributed by atoms with Crippen LogP contribution in [0.5, 0.6) is 0 Å². The van der Waals surface area contributed by atoms with E-state index >= 15 is 0 Å². The van der Waals surface area contributed by atoms with Gasteiger partial charge in [-0.3, -0.25) is 0 Å². The van der Waals surface area contributed by atoms with Crippen molar-refractivity contribution >= 4 is 10.2 Å². The average Bonchev–Trinajstić information content (AvgIpc) is 1.59. The van der Waals surface area contributed by atoms with Crippen LogP contribution in [0.3, 0.4) is 0 Å². The molecule has 62 valence electrons. The normalized spacial score (nSPS) is 15.1. The van der Waals surface area contributed by atoms with Crippen molar-refractivity contribution in [2.45, 2.75) is 19.9 Å². The molecule has 0 aromatic carbocycles. The Morgan fingerprint density at radius 3 is 2.40 bits per heavy atom. The van der Waals surface area contributed by atoms with Gasteiger partial charge in [-0.05, 0) is 13.5 Å². The van der Waals surface area contributed by atoms with Crippen molar-refractivity contribution < 1.29 is 12.3 Å². The molecule has 1 atom stereocenters. The fourth-order valence-corrected chi connectivity index (χ4v) is 1.42.